The van der Waals surface area contributed by atoms with Gasteiger partial charge in [-0.3, -0.25) is 4.79 Å². The predicted octanol–water partition coefficient (Wildman–Crippen LogP) is 1.76. The van der Waals surface area contributed by atoms with E-state index in [9.17, 15) is 4.79 Å². The van der Waals surface area contributed by atoms with Crippen molar-refractivity contribution < 1.29 is 4.79 Å². The minimum Gasteiger partial charge on any atom is -0.321 e. The molecule has 0 bridgehead atoms. The van der Waals surface area contributed by atoms with Crippen LogP contribution >= 0.6 is 0 Å². The van der Waals surface area contributed by atoms with Gasteiger partial charge in [0, 0.05) is 5.39 Å². The standard InChI is InChI=1S/C12H12N2O/c1-8(13)12(15)11-7-6-9-4-2-3-5-10(9)14-11/h2-8H,13H2,1H3. The van der Waals surface area contributed by atoms with Crippen LogP contribution in [0.2, 0.25) is 0 Å². The van der Waals surface area contributed by atoms with Crippen LogP contribution in [0, 0.1) is 0 Å². The van der Waals surface area contributed by atoms with E-state index >= 15 is 0 Å². The third kappa shape index (κ3) is 1.87. The van der Waals surface area contributed by atoms with Gasteiger partial charge in [-0.2, -0.15) is 0 Å². The molecular formula is C12H12N2O. The quantitative estimate of drug-likeness (QED) is 0.751. The van der Waals surface area contributed by atoms with Gasteiger partial charge < -0.3 is 5.73 Å². The fourth-order valence-corrected chi connectivity index (χ4v) is 1.44. The molecule has 1 unspecified atom stereocenters. The molecular weight excluding hydrogens is 188 g/mol. The molecule has 1 aromatic carbocycles. The molecule has 1 heterocycles. The summed E-state index contributed by atoms with van der Waals surface area (Å²) in [7, 11) is 0. The third-order valence-electron chi connectivity index (χ3n) is 2.26. The first kappa shape index (κ1) is 9.80. The molecule has 1 atom stereocenters. The van der Waals surface area contributed by atoms with Gasteiger partial charge in [0.25, 0.3) is 0 Å². The zero-order chi connectivity index (χ0) is 10.8. The Hall–Kier alpha value is -1.74. The lowest BCUT2D eigenvalue weighted by Crippen LogP contribution is -2.27. The van der Waals surface area contributed by atoms with E-state index in [0.717, 1.165) is 10.9 Å². The van der Waals surface area contributed by atoms with Gasteiger partial charge in [-0.15, -0.1) is 0 Å². The van der Waals surface area contributed by atoms with Crippen LogP contribution < -0.4 is 5.73 Å². The number of pyridine rings is 1. The van der Waals surface area contributed by atoms with E-state index in [4.69, 9.17) is 5.73 Å². The van der Waals surface area contributed by atoms with E-state index in [2.05, 4.69) is 4.98 Å². The predicted molar refractivity (Wildman–Crippen MR) is 59.7 cm³/mol. The summed E-state index contributed by atoms with van der Waals surface area (Å²) in [5.41, 5.74) is 6.78. The highest BCUT2D eigenvalue weighted by molar-refractivity contribution is 5.99. The fraction of sp³-hybridized carbons (Fsp3) is 0.167. The van der Waals surface area contributed by atoms with Crippen molar-refractivity contribution in [1.29, 1.82) is 0 Å². The van der Waals surface area contributed by atoms with Crippen LogP contribution in [0.25, 0.3) is 10.9 Å². The normalized spacial score (nSPS) is 12.7. The number of rotatable bonds is 2. The molecule has 2 aromatic rings. The van der Waals surface area contributed by atoms with Crippen LogP contribution in [0.5, 0.6) is 0 Å². The van der Waals surface area contributed by atoms with Crippen molar-refractivity contribution in [3.63, 3.8) is 0 Å². The van der Waals surface area contributed by atoms with Crippen molar-refractivity contribution in [3.05, 3.63) is 42.1 Å². The number of hydrogen-bond acceptors (Lipinski definition) is 3. The molecule has 76 valence electrons. The average molecular weight is 200 g/mol. The summed E-state index contributed by atoms with van der Waals surface area (Å²) in [4.78, 5) is 15.9. The molecule has 15 heavy (non-hydrogen) atoms. The minimum atomic E-state index is -0.501. The molecule has 2 rings (SSSR count). The first-order valence-electron chi connectivity index (χ1n) is 4.84. The van der Waals surface area contributed by atoms with E-state index in [1.807, 2.05) is 30.3 Å². The summed E-state index contributed by atoms with van der Waals surface area (Å²) >= 11 is 0. The number of nitrogens with two attached hydrogens (primary N) is 1. The maximum Gasteiger partial charge on any atom is 0.197 e. The minimum absolute atomic E-state index is 0.124. The molecule has 0 fully saturated rings. The number of carbonyl (C=O) groups excluding carboxylic acids is 1. The van der Waals surface area contributed by atoms with Gasteiger partial charge in [-0.1, -0.05) is 24.3 Å². The monoisotopic (exact) mass is 200 g/mol. The highest BCUT2D eigenvalue weighted by Crippen LogP contribution is 2.12. The smallest absolute Gasteiger partial charge is 0.197 e. The highest BCUT2D eigenvalue weighted by Gasteiger charge is 2.12. The number of aromatic nitrogens is 1. The van der Waals surface area contributed by atoms with E-state index in [-0.39, 0.29) is 5.78 Å². The van der Waals surface area contributed by atoms with Crippen molar-refractivity contribution in [2.45, 2.75) is 13.0 Å². The summed E-state index contributed by atoms with van der Waals surface area (Å²) < 4.78 is 0. The Morgan fingerprint density at radius 2 is 2.00 bits per heavy atom. The number of carbonyl (C=O) groups is 1. The second-order valence-corrected chi connectivity index (χ2v) is 3.54. The zero-order valence-electron chi connectivity index (χ0n) is 8.47. The molecule has 0 spiro atoms. The van der Waals surface area contributed by atoms with Crippen LogP contribution in [-0.2, 0) is 0 Å². The average Bonchev–Trinajstić information content (AvgIpc) is 2.27. The van der Waals surface area contributed by atoms with Gasteiger partial charge in [0.15, 0.2) is 5.78 Å². The molecule has 0 aliphatic heterocycles. The maximum atomic E-state index is 11.6. The lowest BCUT2D eigenvalue weighted by atomic mass is 10.1. The molecule has 3 heteroatoms. The van der Waals surface area contributed by atoms with Gasteiger partial charge >= 0.3 is 0 Å². The number of para-hydroxylation sites is 1. The highest BCUT2D eigenvalue weighted by atomic mass is 16.1. The summed E-state index contributed by atoms with van der Waals surface area (Å²) in [5, 5.41) is 1.03. The molecule has 1 aromatic heterocycles. The Morgan fingerprint density at radius 1 is 1.27 bits per heavy atom. The number of hydrogen-bond donors (Lipinski definition) is 1. The van der Waals surface area contributed by atoms with Gasteiger partial charge in [-0.25, -0.2) is 4.98 Å². The number of nitrogens with zero attached hydrogens (tertiary/aromatic N) is 1. The molecule has 0 radical (unpaired) electrons. The van der Waals surface area contributed by atoms with E-state index in [1.165, 1.54) is 0 Å². The van der Waals surface area contributed by atoms with Gasteiger partial charge in [0.2, 0.25) is 0 Å². The number of benzene rings is 1. The van der Waals surface area contributed by atoms with Gasteiger partial charge in [-0.05, 0) is 19.1 Å². The number of Topliss-reactive ketones (excluding diaryl/α,β-unsaturated/α-hetero) is 1. The first-order valence-corrected chi connectivity index (χ1v) is 4.84. The molecule has 0 amide bonds. The Kier molecular flexibility index (Phi) is 2.47. The van der Waals surface area contributed by atoms with Crippen LogP contribution in [0.1, 0.15) is 17.4 Å². The summed E-state index contributed by atoms with van der Waals surface area (Å²) in [5.74, 6) is -0.124. The third-order valence-corrected chi connectivity index (χ3v) is 2.26. The van der Waals surface area contributed by atoms with Crippen LogP contribution in [-0.4, -0.2) is 16.8 Å². The molecule has 0 aliphatic carbocycles. The van der Waals surface area contributed by atoms with Crippen molar-refractivity contribution in [2.24, 2.45) is 5.73 Å². The van der Waals surface area contributed by atoms with E-state index in [1.54, 1.807) is 13.0 Å². The van der Waals surface area contributed by atoms with Crippen molar-refractivity contribution in [1.82, 2.24) is 4.98 Å². The van der Waals surface area contributed by atoms with E-state index < -0.39 is 6.04 Å². The Labute approximate surface area is 87.9 Å². The topological polar surface area (TPSA) is 56.0 Å². The largest absolute Gasteiger partial charge is 0.321 e. The molecule has 0 saturated carbocycles. The SMILES string of the molecule is CC(N)C(=O)c1ccc2ccccc2n1. The summed E-state index contributed by atoms with van der Waals surface area (Å²) in [6.07, 6.45) is 0. The van der Waals surface area contributed by atoms with Crippen molar-refractivity contribution in [3.8, 4) is 0 Å². The second-order valence-electron chi connectivity index (χ2n) is 3.54. The van der Waals surface area contributed by atoms with Gasteiger partial charge in [0.1, 0.15) is 5.69 Å². The Balaban J connectivity index is 2.52. The Bertz CT molecular complexity index is 506. The van der Waals surface area contributed by atoms with Crippen LogP contribution in [0.15, 0.2) is 36.4 Å². The number of fused-ring (bicyclic) bond motifs is 1. The lowest BCUT2D eigenvalue weighted by molar-refractivity contribution is 0.0963. The Morgan fingerprint density at radius 3 is 2.73 bits per heavy atom. The summed E-state index contributed by atoms with van der Waals surface area (Å²) in [6, 6.07) is 10.8. The summed E-state index contributed by atoms with van der Waals surface area (Å²) in [6.45, 7) is 1.67. The number of ketones is 1. The first-order chi connectivity index (χ1) is 7.18. The maximum absolute atomic E-state index is 11.6. The lowest BCUT2D eigenvalue weighted by Gasteiger charge is -2.04. The van der Waals surface area contributed by atoms with Crippen molar-refractivity contribution in [2.75, 3.05) is 0 Å². The zero-order valence-corrected chi connectivity index (χ0v) is 8.47. The van der Waals surface area contributed by atoms with Gasteiger partial charge in [0.05, 0.1) is 11.6 Å². The molecule has 3 nitrogen and oxygen atoms in total. The molecule has 0 aliphatic rings. The fourth-order valence-electron chi connectivity index (χ4n) is 1.44. The van der Waals surface area contributed by atoms with Crippen LogP contribution in [0.4, 0.5) is 0 Å². The molecule has 2 N–H and O–H groups in total. The molecule has 0 saturated heterocycles. The van der Waals surface area contributed by atoms with Crippen molar-refractivity contribution >= 4 is 16.7 Å². The second kappa shape index (κ2) is 3.79. The van der Waals surface area contributed by atoms with Crippen LogP contribution in [0.3, 0.4) is 0 Å². The van der Waals surface area contributed by atoms with E-state index in [0.29, 0.717) is 5.69 Å².